The highest BCUT2D eigenvalue weighted by Gasteiger charge is 2.24. The molecule has 0 aromatic heterocycles. The van der Waals surface area contributed by atoms with E-state index in [1.165, 1.54) is 13.0 Å². The first kappa shape index (κ1) is 17.6. The van der Waals surface area contributed by atoms with Crippen LogP contribution in [-0.4, -0.2) is 8.42 Å². The minimum Gasteiger partial charge on any atom is -0.207 e. The van der Waals surface area contributed by atoms with Crippen LogP contribution in [0.4, 0.5) is 8.78 Å². The summed E-state index contributed by atoms with van der Waals surface area (Å²) in [7, 11) is -3.82. The number of halogens is 2. The van der Waals surface area contributed by atoms with Crippen LogP contribution in [0, 0.1) is 32.4 Å². The van der Waals surface area contributed by atoms with Gasteiger partial charge in [-0.1, -0.05) is 23.8 Å². The lowest BCUT2D eigenvalue weighted by molar-refractivity contribution is 0.539. The molecule has 0 aliphatic heterocycles. The van der Waals surface area contributed by atoms with Gasteiger partial charge in [0.15, 0.2) is 0 Å². The number of rotatable bonds is 4. The van der Waals surface area contributed by atoms with E-state index < -0.39 is 27.7 Å². The number of aryl methyl sites for hydroxylation is 3. The van der Waals surface area contributed by atoms with E-state index >= 15 is 0 Å². The molecule has 0 saturated carbocycles. The van der Waals surface area contributed by atoms with Gasteiger partial charge in [0.05, 0.1) is 4.90 Å². The van der Waals surface area contributed by atoms with E-state index in [4.69, 9.17) is 0 Å². The monoisotopic (exact) mass is 339 g/mol. The van der Waals surface area contributed by atoms with Gasteiger partial charge in [-0.3, -0.25) is 0 Å². The van der Waals surface area contributed by atoms with E-state index in [1.54, 1.807) is 26.0 Å². The van der Waals surface area contributed by atoms with Gasteiger partial charge in [0.1, 0.15) is 11.6 Å². The molecule has 2 aromatic carbocycles. The topological polar surface area (TPSA) is 46.2 Å². The molecule has 124 valence electrons. The van der Waals surface area contributed by atoms with Gasteiger partial charge in [-0.25, -0.2) is 21.9 Å². The molecule has 0 heterocycles. The largest absolute Gasteiger partial charge is 0.241 e. The molecule has 0 saturated heterocycles. The molecule has 1 N–H and O–H groups in total. The summed E-state index contributed by atoms with van der Waals surface area (Å²) in [5.74, 6) is -1.48. The Morgan fingerprint density at radius 3 is 2.09 bits per heavy atom. The molecule has 3 nitrogen and oxygen atoms in total. The summed E-state index contributed by atoms with van der Waals surface area (Å²) < 4.78 is 54.5. The van der Waals surface area contributed by atoms with Gasteiger partial charge in [-0.2, -0.15) is 0 Å². The standard InChI is InChI=1S/C17H19F2NO2S/c1-10-7-11(2)17(12(3)8-10)23(21,22)20-13(4)15-6-5-14(18)9-16(15)19/h5-9,13,20H,1-4H3/t13-/m0/s1. The number of hydrogen-bond acceptors (Lipinski definition) is 2. The van der Waals surface area contributed by atoms with Gasteiger partial charge < -0.3 is 0 Å². The lowest BCUT2D eigenvalue weighted by atomic mass is 10.1. The Morgan fingerprint density at radius 2 is 1.57 bits per heavy atom. The van der Waals surface area contributed by atoms with Crippen LogP contribution in [0.1, 0.15) is 35.2 Å². The van der Waals surface area contributed by atoms with Gasteiger partial charge in [-0.15, -0.1) is 0 Å². The normalized spacial score (nSPS) is 13.1. The van der Waals surface area contributed by atoms with Crippen molar-refractivity contribution in [2.75, 3.05) is 0 Å². The molecule has 23 heavy (non-hydrogen) atoms. The van der Waals surface area contributed by atoms with Crippen molar-refractivity contribution in [1.82, 2.24) is 4.72 Å². The van der Waals surface area contributed by atoms with Crippen molar-refractivity contribution in [2.45, 2.75) is 38.6 Å². The highest BCUT2D eigenvalue weighted by atomic mass is 32.2. The van der Waals surface area contributed by atoms with Crippen molar-refractivity contribution in [1.29, 1.82) is 0 Å². The number of sulfonamides is 1. The fraction of sp³-hybridized carbons (Fsp3) is 0.294. The summed E-state index contributed by atoms with van der Waals surface area (Å²) >= 11 is 0. The van der Waals surface area contributed by atoms with Crippen LogP contribution in [0.15, 0.2) is 35.2 Å². The Bertz CT molecular complexity index is 825. The third-order valence-corrected chi connectivity index (χ3v) is 5.48. The molecule has 0 amide bonds. The molecule has 0 aliphatic carbocycles. The molecular formula is C17H19F2NO2S. The van der Waals surface area contributed by atoms with Crippen LogP contribution < -0.4 is 4.72 Å². The average molecular weight is 339 g/mol. The van der Waals surface area contributed by atoms with Crippen LogP contribution in [0.25, 0.3) is 0 Å². The highest BCUT2D eigenvalue weighted by molar-refractivity contribution is 7.89. The van der Waals surface area contributed by atoms with E-state index in [0.29, 0.717) is 11.1 Å². The Hall–Kier alpha value is -1.79. The van der Waals surface area contributed by atoms with E-state index in [1.807, 2.05) is 6.92 Å². The van der Waals surface area contributed by atoms with Crippen molar-refractivity contribution >= 4 is 10.0 Å². The maximum Gasteiger partial charge on any atom is 0.241 e. The molecular weight excluding hydrogens is 320 g/mol. The second-order valence-corrected chi connectivity index (χ2v) is 7.39. The van der Waals surface area contributed by atoms with Gasteiger partial charge >= 0.3 is 0 Å². The minimum atomic E-state index is -3.82. The quantitative estimate of drug-likeness (QED) is 0.917. The van der Waals surface area contributed by atoms with E-state index in [-0.39, 0.29) is 10.5 Å². The van der Waals surface area contributed by atoms with Gasteiger partial charge in [0.2, 0.25) is 10.0 Å². The molecule has 6 heteroatoms. The zero-order valence-electron chi connectivity index (χ0n) is 13.4. The molecule has 0 spiro atoms. The van der Waals surface area contributed by atoms with Crippen molar-refractivity contribution < 1.29 is 17.2 Å². The summed E-state index contributed by atoms with van der Waals surface area (Å²) in [5, 5.41) is 0. The van der Waals surface area contributed by atoms with Gasteiger partial charge in [0, 0.05) is 17.7 Å². The second-order valence-electron chi connectivity index (χ2n) is 5.74. The maximum atomic E-state index is 13.8. The third kappa shape index (κ3) is 3.76. The molecule has 2 aromatic rings. The summed E-state index contributed by atoms with van der Waals surface area (Å²) in [6.07, 6.45) is 0. The summed E-state index contributed by atoms with van der Waals surface area (Å²) in [5.41, 5.74) is 2.32. The molecule has 0 fully saturated rings. The molecule has 0 bridgehead atoms. The Balaban J connectivity index is 2.38. The first-order valence-electron chi connectivity index (χ1n) is 7.17. The van der Waals surface area contributed by atoms with Gasteiger partial charge in [0.25, 0.3) is 0 Å². The van der Waals surface area contributed by atoms with Crippen molar-refractivity contribution in [3.8, 4) is 0 Å². The van der Waals surface area contributed by atoms with Crippen LogP contribution in [-0.2, 0) is 10.0 Å². The zero-order valence-corrected chi connectivity index (χ0v) is 14.3. The molecule has 0 radical (unpaired) electrons. The van der Waals surface area contributed by atoms with Crippen molar-refractivity contribution in [3.63, 3.8) is 0 Å². The summed E-state index contributed by atoms with van der Waals surface area (Å²) in [4.78, 5) is 0.192. The fourth-order valence-corrected chi connectivity index (χ4v) is 4.47. The second kappa shape index (κ2) is 6.37. The molecule has 2 rings (SSSR count). The van der Waals surface area contributed by atoms with Gasteiger partial charge in [-0.05, 0) is 44.9 Å². The van der Waals surface area contributed by atoms with Crippen molar-refractivity contribution in [2.24, 2.45) is 0 Å². The molecule has 1 atom stereocenters. The summed E-state index contributed by atoms with van der Waals surface area (Å²) in [6, 6.07) is 5.83. The van der Waals surface area contributed by atoms with Crippen LogP contribution in [0.3, 0.4) is 0 Å². The first-order chi connectivity index (χ1) is 10.6. The fourth-order valence-electron chi connectivity index (χ4n) is 2.80. The predicted molar refractivity (Wildman–Crippen MR) is 85.7 cm³/mol. The van der Waals surface area contributed by atoms with E-state index in [2.05, 4.69) is 4.72 Å². The highest BCUT2D eigenvalue weighted by Crippen LogP contribution is 2.25. The Labute approximate surface area is 135 Å². The maximum absolute atomic E-state index is 13.8. The number of benzene rings is 2. The smallest absolute Gasteiger partial charge is 0.207 e. The first-order valence-corrected chi connectivity index (χ1v) is 8.65. The SMILES string of the molecule is Cc1cc(C)c(S(=O)(=O)N[C@@H](C)c2ccc(F)cc2F)c(C)c1. The lowest BCUT2D eigenvalue weighted by Crippen LogP contribution is -2.28. The Kier molecular flexibility index (Phi) is 4.87. The van der Waals surface area contributed by atoms with Crippen LogP contribution in [0.2, 0.25) is 0 Å². The van der Waals surface area contributed by atoms with Crippen molar-refractivity contribution in [3.05, 3.63) is 64.2 Å². The zero-order chi connectivity index (χ0) is 17.4. The molecule has 0 aliphatic rings. The average Bonchev–Trinajstić information content (AvgIpc) is 2.35. The third-order valence-electron chi connectivity index (χ3n) is 3.63. The summed E-state index contributed by atoms with van der Waals surface area (Å²) in [6.45, 7) is 6.85. The predicted octanol–water partition coefficient (Wildman–Crippen LogP) is 3.93. The lowest BCUT2D eigenvalue weighted by Gasteiger charge is -2.18. The number of hydrogen-bond donors (Lipinski definition) is 1. The van der Waals surface area contributed by atoms with E-state index in [0.717, 1.165) is 17.7 Å². The van der Waals surface area contributed by atoms with E-state index in [9.17, 15) is 17.2 Å². The van der Waals surface area contributed by atoms with Crippen LogP contribution >= 0.6 is 0 Å². The Morgan fingerprint density at radius 1 is 1.00 bits per heavy atom. The van der Waals surface area contributed by atoms with Crippen LogP contribution in [0.5, 0.6) is 0 Å². The molecule has 0 unspecified atom stereocenters. The minimum absolute atomic E-state index is 0.0948. The number of nitrogens with one attached hydrogen (secondary N) is 1.